The summed E-state index contributed by atoms with van der Waals surface area (Å²) >= 11 is 0. The molecule has 2 N–H and O–H groups in total. The normalized spacial score (nSPS) is 10.2. The second kappa shape index (κ2) is 5.58. The molecule has 0 saturated heterocycles. The fraction of sp³-hybridized carbons (Fsp3) is 0.0714. The SMILES string of the molecule is CN(C(=O)c1cc(N)ccc1[N+](=O)[O-])c1ccccc1F. The van der Waals surface area contributed by atoms with Gasteiger partial charge in [-0.2, -0.15) is 0 Å². The maximum atomic E-state index is 13.7. The summed E-state index contributed by atoms with van der Waals surface area (Å²) in [7, 11) is 1.34. The van der Waals surface area contributed by atoms with Crippen LogP contribution in [0.15, 0.2) is 42.5 Å². The number of benzene rings is 2. The number of nitrogens with zero attached hydrogens (tertiary/aromatic N) is 2. The lowest BCUT2D eigenvalue weighted by molar-refractivity contribution is -0.385. The minimum atomic E-state index is -0.709. The van der Waals surface area contributed by atoms with Gasteiger partial charge in [0.05, 0.1) is 10.6 Å². The first-order valence-corrected chi connectivity index (χ1v) is 5.98. The average molecular weight is 289 g/mol. The van der Waals surface area contributed by atoms with E-state index in [4.69, 9.17) is 5.73 Å². The van der Waals surface area contributed by atoms with Gasteiger partial charge in [-0.1, -0.05) is 12.1 Å². The van der Waals surface area contributed by atoms with Gasteiger partial charge in [0.25, 0.3) is 11.6 Å². The molecule has 2 aromatic carbocycles. The second-order valence-corrected chi connectivity index (χ2v) is 4.35. The highest BCUT2D eigenvalue weighted by molar-refractivity contribution is 6.08. The number of anilines is 2. The minimum Gasteiger partial charge on any atom is -0.399 e. The molecule has 0 aliphatic heterocycles. The molecule has 2 rings (SSSR count). The Bertz CT molecular complexity index is 718. The molecule has 0 aliphatic carbocycles. The van der Waals surface area contributed by atoms with Crippen molar-refractivity contribution in [1.82, 2.24) is 0 Å². The average Bonchev–Trinajstić information content (AvgIpc) is 2.45. The van der Waals surface area contributed by atoms with Gasteiger partial charge in [-0.05, 0) is 24.3 Å². The van der Waals surface area contributed by atoms with E-state index in [2.05, 4.69) is 0 Å². The van der Waals surface area contributed by atoms with Crippen LogP contribution < -0.4 is 10.6 Å². The van der Waals surface area contributed by atoms with E-state index in [0.717, 1.165) is 11.0 Å². The molecule has 0 spiro atoms. The first-order chi connectivity index (χ1) is 9.91. The monoisotopic (exact) mass is 289 g/mol. The number of nitro groups is 1. The third-order valence-electron chi connectivity index (χ3n) is 2.97. The number of para-hydroxylation sites is 1. The second-order valence-electron chi connectivity index (χ2n) is 4.35. The Morgan fingerprint density at radius 1 is 1.29 bits per heavy atom. The third-order valence-corrected chi connectivity index (χ3v) is 2.97. The highest BCUT2D eigenvalue weighted by Gasteiger charge is 2.25. The topological polar surface area (TPSA) is 89.5 Å². The molecule has 0 unspecified atom stereocenters. The van der Waals surface area contributed by atoms with Crippen LogP contribution in [-0.2, 0) is 0 Å². The van der Waals surface area contributed by atoms with E-state index in [9.17, 15) is 19.3 Å². The molecule has 0 radical (unpaired) electrons. The summed E-state index contributed by atoms with van der Waals surface area (Å²) in [5.74, 6) is -1.31. The van der Waals surface area contributed by atoms with Crippen molar-refractivity contribution in [3.8, 4) is 0 Å². The highest BCUT2D eigenvalue weighted by Crippen LogP contribution is 2.25. The van der Waals surface area contributed by atoms with Crippen LogP contribution in [0.3, 0.4) is 0 Å². The van der Waals surface area contributed by atoms with Gasteiger partial charge in [0.1, 0.15) is 11.4 Å². The van der Waals surface area contributed by atoms with Crippen molar-refractivity contribution in [2.45, 2.75) is 0 Å². The zero-order chi connectivity index (χ0) is 15.6. The van der Waals surface area contributed by atoms with Crippen molar-refractivity contribution in [2.24, 2.45) is 0 Å². The first-order valence-electron chi connectivity index (χ1n) is 5.98. The van der Waals surface area contributed by atoms with Gasteiger partial charge in [-0.15, -0.1) is 0 Å². The summed E-state index contributed by atoms with van der Waals surface area (Å²) in [4.78, 5) is 23.7. The van der Waals surface area contributed by atoms with Crippen molar-refractivity contribution in [3.05, 3.63) is 64.0 Å². The number of rotatable bonds is 3. The maximum Gasteiger partial charge on any atom is 0.282 e. The lowest BCUT2D eigenvalue weighted by Gasteiger charge is -2.18. The fourth-order valence-electron chi connectivity index (χ4n) is 1.90. The quantitative estimate of drug-likeness (QED) is 0.534. The molecule has 2 aromatic rings. The smallest absolute Gasteiger partial charge is 0.282 e. The molecule has 0 fully saturated rings. The summed E-state index contributed by atoms with van der Waals surface area (Å²) < 4.78 is 13.7. The number of halogens is 1. The lowest BCUT2D eigenvalue weighted by Crippen LogP contribution is -2.27. The van der Waals surface area contributed by atoms with Crippen molar-refractivity contribution in [1.29, 1.82) is 0 Å². The van der Waals surface area contributed by atoms with Crippen molar-refractivity contribution in [3.63, 3.8) is 0 Å². The zero-order valence-corrected chi connectivity index (χ0v) is 11.1. The zero-order valence-electron chi connectivity index (χ0n) is 11.1. The van der Waals surface area contributed by atoms with Gasteiger partial charge < -0.3 is 10.6 Å². The Morgan fingerprint density at radius 3 is 2.57 bits per heavy atom. The van der Waals surface area contributed by atoms with Crippen LogP contribution in [0.1, 0.15) is 10.4 Å². The maximum absolute atomic E-state index is 13.7. The summed E-state index contributed by atoms with van der Waals surface area (Å²) in [5, 5.41) is 11.0. The number of carbonyl (C=O) groups excluding carboxylic acids is 1. The standard InChI is InChI=1S/C14H12FN3O3/c1-17(13-5-3-2-4-11(13)15)14(19)10-8-9(16)6-7-12(10)18(20)21/h2-8H,16H2,1H3. The summed E-state index contributed by atoms with van der Waals surface area (Å²) in [6.07, 6.45) is 0. The van der Waals surface area contributed by atoms with Crippen LogP contribution >= 0.6 is 0 Å². The summed E-state index contributed by atoms with van der Waals surface area (Å²) in [6.45, 7) is 0. The van der Waals surface area contributed by atoms with Gasteiger partial charge in [0.2, 0.25) is 0 Å². The molecule has 7 heteroatoms. The number of nitro benzene ring substituents is 1. The van der Waals surface area contributed by atoms with E-state index in [0.29, 0.717) is 0 Å². The Balaban J connectivity index is 2.47. The van der Waals surface area contributed by atoms with Gasteiger partial charge in [0, 0.05) is 18.8 Å². The van der Waals surface area contributed by atoms with E-state index in [-0.39, 0.29) is 22.6 Å². The Kier molecular flexibility index (Phi) is 3.84. The van der Waals surface area contributed by atoms with E-state index in [1.54, 1.807) is 6.07 Å². The molecule has 0 atom stereocenters. The van der Waals surface area contributed by atoms with Crippen LogP contribution in [0.2, 0.25) is 0 Å². The molecule has 108 valence electrons. The minimum absolute atomic E-state index is 0.0271. The van der Waals surface area contributed by atoms with Crippen molar-refractivity contribution < 1.29 is 14.1 Å². The van der Waals surface area contributed by atoms with Gasteiger partial charge in [-0.3, -0.25) is 14.9 Å². The van der Waals surface area contributed by atoms with Gasteiger partial charge >= 0.3 is 0 Å². The van der Waals surface area contributed by atoms with E-state index in [1.165, 1.54) is 37.4 Å². The van der Waals surface area contributed by atoms with Crippen LogP contribution in [-0.4, -0.2) is 17.9 Å². The lowest BCUT2D eigenvalue weighted by atomic mass is 10.1. The predicted molar refractivity (Wildman–Crippen MR) is 76.6 cm³/mol. The number of amides is 1. The molecule has 0 saturated carbocycles. The fourth-order valence-corrected chi connectivity index (χ4v) is 1.90. The Labute approximate surface area is 119 Å². The van der Waals surface area contributed by atoms with E-state index < -0.39 is 16.6 Å². The van der Waals surface area contributed by atoms with E-state index >= 15 is 0 Å². The first kappa shape index (κ1) is 14.4. The third kappa shape index (κ3) is 2.81. The highest BCUT2D eigenvalue weighted by atomic mass is 19.1. The molecule has 21 heavy (non-hydrogen) atoms. The van der Waals surface area contributed by atoms with Crippen LogP contribution in [0, 0.1) is 15.9 Å². The largest absolute Gasteiger partial charge is 0.399 e. The van der Waals surface area contributed by atoms with Crippen LogP contribution in [0.5, 0.6) is 0 Å². The predicted octanol–water partition coefficient (Wildman–Crippen LogP) is 2.59. The molecular weight excluding hydrogens is 277 g/mol. The van der Waals surface area contributed by atoms with Gasteiger partial charge in [-0.25, -0.2) is 4.39 Å². The number of nitrogens with two attached hydrogens (primary N) is 1. The molecular formula is C14H12FN3O3. The molecule has 0 bridgehead atoms. The summed E-state index contributed by atoms with van der Waals surface area (Å²) in [6, 6.07) is 9.35. The van der Waals surface area contributed by atoms with Crippen molar-refractivity contribution in [2.75, 3.05) is 17.7 Å². The number of nitrogen functional groups attached to an aromatic ring is 1. The van der Waals surface area contributed by atoms with Crippen LogP contribution in [0.25, 0.3) is 0 Å². The van der Waals surface area contributed by atoms with E-state index in [1.807, 2.05) is 0 Å². The number of carbonyl (C=O) groups is 1. The Hall–Kier alpha value is -2.96. The molecule has 0 aliphatic rings. The summed E-state index contributed by atoms with van der Waals surface area (Å²) in [5.41, 5.74) is 5.24. The van der Waals surface area contributed by atoms with Crippen molar-refractivity contribution >= 4 is 23.0 Å². The molecule has 0 heterocycles. The number of hydrogen-bond acceptors (Lipinski definition) is 4. The molecule has 1 amide bonds. The molecule has 0 aromatic heterocycles. The number of hydrogen-bond donors (Lipinski definition) is 1. The Morgan fingerprint density at radius 2 is 1.95 bits per heavy atom. The van der Waals surface area contributed by atoms with Gasteiger partial charge in [0.15, 0.2) is 0 Å². The molecule has 6 nitrogen and oxygen atoms in total. The van der Waals surface area contributed by atoms with Crippen LogP contribution in [0.4, 0.5) is 21.5 Å².